The van der Waals surface area contributed by atoms with Crippen LogP contribution in [0, 0.1) is 0 Å². The molecule has 0 heterocycles. The third-order valence-corrected chi connectivity index (χ3v) is 4.97. The third-order valence-electron chi connectivity index (χ3n) is 4.97. The van der Waals surface area contributed by atoms with Crippen LogP contribution >= 0.6 is 0 Å². The monoisotopic (exact) mass is 380 g/mol. The molecule has 1 atom stereocenters. The molecule has 0 bridgehead atoms. The van der Waals surface area contributed by atoms with Crippen LogP contribution in [-0.4, -0.2) is 24.5 Å². The summed E-state index contributed by atoms with van der Waals surface area (Å²) in [6.45, 7) is 4.31. The fraction of sp³-hybridized carbons (Fsp3) is 0.391. The van der Waals surface area contributed by atoms with Crippen molar-refractivity contribution < 1.29 is 14.3 Å². The molecule has 0 saturated carbocycles. The number of benzene rings is 2. The average Bonchev–Trinajstić information content (AvgIpc) is 2.72. The molecule has 2 N–H and O–H groups in total. The second kappa shape index (κ2) is 9.40. The molecule has 148 valence electrons. The Bertz CT molecular complexity index is 847. The summed E-state index contributed by atoms with van der Waals surface area (Å²) in [5.41, 5.74) is 3.63. The minimum atomic E-state index is -0.673. The van der Waals surface area contributed by atoms with Gasteiger partial charge in [0.15, 0.2) is 6.10 Å². The van der Waals surface area contributed by atoms with Gasteiger partial charge in [-0.1, -0.05) is 25.1 Å². The van der Waals surface area contributed by atoms with Gasteiger partial charge in [-0.3, -0.25) is 9.59 Å². The summed E-state index contributed by atoms with van der Waals surface area (Å²) in [5, 5.41) is 5.66. The summed E-state index contributed by atoms with van der Waals surface area (Å²) in [6, 6.07) is 13.1. The minimum Gasteiger partial charge on any atom is -0.481 e. The number of amides is 2. The fourth-order valence-electron chi connectivity index (χ4n) is 3.40. The molecule has 5 heteroatoms. The number of ether oxygens (including phenoxy) is 1. The van der Waals surface area contributed by atoms with E-state index in [4.69, 9.17) is 4.74 Å². The second-order valence-corrected chi connectivity index (χ2v) is 7.19. The van der Waals surface area contributed by atoms with E-state index < -0.39 is 6.10 Å². The van der Waals surface area contributed by atoms with Crippen molar-refractivity contribution in [2.24, 2.45) is 0 Å². The van der Waals surface area contributed by atoms with Crippen molar-refractivity contribution in [1.29, 1.82) is 0 Å². The smallest absolute Gasteiger partial charge is 0.265 e. The van der Waals surface area contributed by atoms with Gasteiger partial charge in [-0.05, 0) is 74.4 Å². The maximum Gasteiger partial charge on any atom is 0.265 e. The number of rotatable bonds is 7. The minimum absolute atomic E-state index is 0.194. The Morgan fingerprint density at radius 2 is 1.82 bits per heavy atom. The van der Waals surface area contributed by atoms with E-state index in [1.165, 1.54) is 24.0 Å². The number of fused-ring (bicyclic) bond motifs is 1. The number of carbonyl (C=O) groups excluding carboxylic acids is 2. The van der Waals surface area contributed by atoms with Crippen LogP contribution in [0.3, 0.4) is 0 Å². The third kappa shape index (κ3) is 4.91. The van der Waals surface area contributed by atoms with Crippen LogP contribution in [0.5, 0.6) is 5.75 Å². The molecule has 2 aromatic rings. The predicted molar refractivity (Wildman–Crippen MR) is 111 cm³/mol. The van der Waals surface area contributed by atoms with E-state index in [2.05, 4.69) is 16.7 Å². The summed E-state index contributed by atoms with van der Waals surface area (Å²) >= 11 is 0. The van der Waals surface area contributed by atoms with E-state index in [1.54, 1.807) is 31.2 Å². The van der Waals surface area contributed by atoms with Crippen LogP contribution in [0.1, 0.15) is 54.6 Å². The lowest BCUT2D eigenvalue weighted by Crippen LogP contribution is -2.32. The number of hydrogen-bond acceptors (Lipinski definition) is 3. The standard InChI is InChI=1S/C23H28N2O3/c1-3-14-24-23(27)20-10-6-7-11-21(20)25-22(26)16(2)28-19-13-12-17-8-4-5-9-18(17)15-19/h6-7,10-13,15-16H,3-5,8-9,14H2,1-2H3,(H,24,27)(H,25,26)/t16-/m1/s1. The molecular weight excluding hydrogens is 352 g/mol. The van der Waals surface area contributed by atoms with Crippen LogP contribution in [0.4, 0.5) is 5.69 Å². The summed E-state index contributed by atoms with van der Waals surface area (Å²) in [5.74, 6) is 0.228. The average molecular weight is 380 g/mol. The van der Waals surface area contributed by atoms with Crippen molar-refractivity contribution >= 4 is 17.5 Å². The maximum absolute atomic E-state index is 12.6. The van der Waals surface area contributed by atoms with Crippen molar-refractivity contribution in [3.05, 3.63) is 59.2 Å². The summed E-state index contributed by atoms with van der Waals surface area (Å²) < 4.78 is 5.87. The van der Waals surface area contributed by atoms with Crippen LogP contribution in [0.25, 0.3) is 0 Å². The largest absolute Gasteiger partial charge is 0.481 e. The van der Waals surface area contributed by atoms with Crippen molar-refractivity contribution in [3.8, 4) is 5.75 Å². The first-order valence-electron chi connectivity index (χ1n) is 10.0. The zero-order valence-corrected chi connectivity index (χ0v) is 16.6. The van der Waals surface area contributed by atoms with Gasteiger partial charge in [-0.25, -0.2) is 0 Å². The zero-order valence-electron chi connectivity index (χ0n) is 16.6. The molecule has 1 aliphatic carbocycles. The number of anilines is 1. The number of carbonyl (C=O) groups is 2. The summed E-state index contributed by atoms with van der Waals surface area (Å²) in [7, 11) is 0. The highest BCUT2D eigenvalue weighted by Crippen LogP contribution is 2.26. The molecule has 0 radical (unpaired) electrons. The fourth-order valence-corrected chi connectivity index (χ4v) is 3.40. The molecule has 5 nitrogen and oxygen atoms in total. The van der Waals surface area contributed by atoms with Gasteiger partial charge in [0.2, 0.25) is 0 Å². The Balaban J connectivity index is 1.65. The Morgan fingerprint density at radius 1 is 1.07 bits per heavy atom. The first kappa shape index (κ1) is 19.9. The molecule has 2 amide bonds. The van der Waals surface area contributed by atoms with E-state index in [0.717, 1.165) is 19.3 Å². The van der Waals surface area contributed by atoms with Gasteiger partial charge in [0, 0.05) is 6.54 Å². The molecule has 2 aromatic carbocycles. The first-order valence-corrected chi connectivity index (χ1v) is 10.0. The molecule has 0 unspecified atom stereocenters. The molecule has 1 aliphatic rings. The summed E-state index contributed by atoms with van der Waals surface area (Å²) in [4.78, 5) is 24.9. The molecule has 3 rings (SSSR count). The van der Waals surface area contributed by atoms with Gasteiger partial charge in [-0.2, -0.15) is 0 Å². The number of para-hydroxylation sites is 1. The maximum atomic E-state index is 12.6. The summed E-state index contributed by atoms with van der Waals surface area (Å²) in [6.07, 6.45) is 4.79. The van der Waals surface area contributed by atoms with Crippen LogP contribution in [0.2, 0.25) is 0 Å². The molecule has 0 spiro atoms. The lowest BCUT2D eigenvalue weighted by molar-refractivity contribution is -0.122. The van der Waals surface area contributed by atoms with Crippen LogP contribution in [0.15, 0.2) is 42.5 Å². The van der Waals surface area contributed by atoms with Gasteiger partial charge >= 0.3 is 0 Å². The van der Waals surface area contributed by atoms with Crippen molar-refractivity contribution in [2.75, 3.05) is 11.9 Å². The number of nitrogens with one attached hydrogen (secondary N) is 2. The number of hydrogen-bond donors (Lipinski definition) is 2. The Labute approximate surface area is 166 Å². The van der Waals surface area contributed by atoms with Gasteiger partial charge in [0.05, 0.1) is 11.3 Å². The van der Waals surface area contributed by atoms with Gasteiger partial charge in [0.1, 0.15) is 5.75 Å². The lowest BCUT2D eigenvalue weighted by Gasteiger charge is -2.19. The van der Waals surface area contributed by atoms with E-state index in [-0.39, 0.29) is 11.8 Å². The molecule has 0 saturated heterocycles. The van der Waals surface area contributed by atoms with Crippen molar-refractivity contribution in [3.63, 3.8) is 0 Å². The van der Waals surface area contributed by atoms with Gasteiger partial charge in [0.25, 0.3) is 11.8 Å². The second-order valence-electron chi connectivity index (χ2n) is 7.19. The molecule has 0 fully saturated rings. The van der Waals surface area contributed by atoms with E-state index in [0.29, 0.717) is 23.5 Å². The Kier molecular flexibility index (Phi) is 6.69. The van der Waals surface area contributed by atoms with Crippen molar-refractivity contribution in [2.45, 2.75) is 52.1 Å². The SMILES string of the molecule is CCCNC(=O)c1ccccc1NC(=O)[C@@H](C)Oc1ccc2c(c1)CCCC2. The molecule has 0 aliphatic heterocycles. The normalized spacial score (nSPS) is 13.9. The predicted octanol–water partition coefficient (Wildman–Crippen LogP) is 4.11. The quantitative estimate of drug-likeness (QED) is 0.760. The Morgan fingerprint density at radius 3 is 2.61 bits per heavy atom. The topological polar surface area (TPSA) is 67.4 Å². The van der Waals surface area contributed by atoms with E-state index in [1.807, 2.05) is 19.1 Å². The van der Waals surface area contributed by atoms with E-state index >= 15 is 0 Å². The number of aryl methyl sites for hydroxylation is 2. The lowest BCUT2D eigenvalue weighted by atomic mass is 9.92. The first-order chi connectivity index (χ1) is 13.6. The highest BCUT2D eigenvalue weighted by atomic mass is 16.5. The highest BCUT2D eigenvalue weighted by molar-refractivity contribution is 6.04. The van der Waals surface area contributed by atoms with E-state index in [9.17, 15) is 9.59 Å². The Hall–Kier alpha value is -2.82. The molecule has 28 heavy (non-hydrogen) atoms. The highest BCUT2D eigenvalue weighted by Gasteiger charge is 2.19. The van der Waals surface area contributed by atoms with Crippen LogP contribution in [-0.2, 0) is 17.6 Å². The zero-order chi connectivity index (χ0) is 19.9. The molecule has 0 aromatic heterocycles. The molecular formula is C23H28N2O3. The van der Waals surface area contributed by atoms with Crippen molar-refractivity contribution in [1.82, 2.24) is 5.32 Å². The van der Waals surface area contributed by atoms with Gasteiger partial charge in [-0.15, -0.1) is 0 Å². The van der Waals surface area contributed by atoms with Crippen LogP contribution < -0.4 is 15.4 Å². The van der Waals surface area contributed by atoms with Gasteiger partial charge < -0.3 is 15.4 Å².